The number of nitrogens with one attached hydrogen (secondary N) is 1. The second-order valence-corrected chi connectivity index (χ2v) is 5.26. The molecule has 0 bridgehead atoms. The van der Waals surface area contributed by atoms with Crippen molar-refractivity contribution in [2.45, 2.75) is 32.2 Å². The van der Waals surface area contributed by atoms with Crippen LogP contribution in [0.4, 0.5) is 0 Å². The van der Waals surface area contributed by atoms with E-state index in [0.29, 0.717) is 5.92 Å². The number of aromatic nitrogens is 2. The van der Waals surface area contributed by atoms with Crippen LogP contribution >= 0.6 is 0 Å². The molecule has 0 aliphatic carbocycles. The van der Waals surface area contributed by atoms with Crippen molar-refractivity contribution in [1.29, 1.82) is 0 Å². The van der Waals surface area contributed by atoms with E-state index in [1.165, 1.54) is 23.2 Å². The van der Waals surface area contributed by atoms with E-state index in [-0.39, 0.29) is 0 Å². The summed E-state index contributed by atoms with van der Waals surface area (Å²) in [5.74, 6) is 0.622. The summed E-state index contributed by atoms with van der Waals surface area (Å²) >= 11 is 0. The summed E-state index contributed by atoms with van der Waals surface area (Å²) in [6.07, 6.45) is 6.32. The first-order valence-corrected chi connectivity index (χ1v) is 7.16. The molecule has 1 N–H and O–H groups in total. The van der Waals surface area contributed by atoms with E-state index in [9.17, 15) is 0 Å². The van der Waals surface area contributed by atoms with Gasteiger partial charge in [-0.2, -0.15) is 0 Å². The molecule has 19 heavy (non-hydrogen) atoms. The van der Waals surface area contributed by atoms with Gasteiger partial charge in [0.25, 0.3) is 0 Å². The third-order valence-electron chi connectivity index (χ3n) is 4.06. The lowest BCUT2D eigenvalue weighted by atomic mass is 10.0. The zero-order chi connectivity index (χ0) is 13.1. The minimum atomic E-state index is 0.622. The lowest BCUT2D eigenvalue weighted by Crippen LogP contribution is -2.12. The van der Waals surface area contributed by atoms with Crippen LogP contribution in [0.2, 0.25) is 0 Å². The van der Waals surface area contributed by atoms with Crippen molar-refractivity contribution in [3.63, 3.8) is 0 Å². The fourth-order valence-corrected chi connectivity index (χ4v) is 2.95. The van der Waals surface area contributed by atoms with Crippen LogP contribution in [0.15, 0.2) is 36.8 Å². The van der Waals surface area contributed by atoms with Gasteiger partial charge in [0.1, 0.15) is 0 Å². The van der Waals surface area contributed by atoms with Crippen LogP contribution in [0.1, 0.15) is 36.1 Å². The van der Waals surface area contributed by atoms with Crippen LogP contribution in [0, 0.1) is 0 Å². The molecule has 1 aromatic carbocycles. The van der Waals surface area contributed by atoms with Crippen molar-refractivity contribution in [2.24, 2.45) is 0 Å². The molecule has 1 aromatic heterocycles. The smallest absolute Gasteiger partial charge is 0.0951 e. The monoisotopic (exact) mass is 255 g/mol. The van der Waals surface area contributed by atoms with Gasteiger partial charge in [-0.25, -0.2) is 4.98 Å². The Balaban J connectivity index is 1.85. The molecule has 1 unspecified atom stereocenters. The highest BCUT2D eigenvalue weighted by atomic mass is 15.1. The summed E-state index contributed by atoms with van der Waals surface area (Å²) in [6.45, 7) is 5.37. The Labute approximate surface area is 114 Å². The Morgan fingerprint density at radius 1 is 1.32 bits per heavy atom. The fourth-order valence-electron chi connectivity index (χ4n) is 2.95. The van der Waals surface area contributed by atoms with Gasteiger partial charge in [0.15, 0.2) is 0 Å². The van der Waals surface area contributed by atoms with Gasteiger partial charge in [-0.3, -0.25) is 0 Å². The minimum absolute atomic E-state index is 0.622. The Morgan fingerprint density at radius 3 is 2.89 bits per heavy atom. The van der Waals surface area contributed by atoms with Crippen LogP contribution in [-0.4, -0.2) is 22.6 Å². The molecule has 1 aliphatic rings. The summed E-state index contributed by atoms with van der Waals surface area (Å²) in [5.41, 5.74) is 4.22. The number of hydrogen-bond acceptors (Lipinski definition) is 2. The highest BCUT2D eigenvalue weighted by molar-refractivity contribution is 5.28. The number of nitrogens with zero attached hydrogens (tertiary/aromatic N) is 2. The minimum Gasteiger partial charge on any atom is -0.330 e. The first kappa shape index (κ1) is 12.4. The lowest BCUT2D eigenvalue weighted by molar-refractivity contribution is 0.652. The van der Waals surface area contributed by atoms with Crippen molar-refractivity contribution in [2.75, 3.05) is 13.1 Å². The Bertz CT molecular complexity index is 538. The number of imidazole rings is 1. The van der Waals surface area contributed by atoms with E-state index in [0.717, 1.165) is 26.1 Å². The average molecular weight is 255 g/mol. The molecule has 3 heteroatoms. The molecule has 2 heterocycles. The fraction of sp³-hybridized carbons (Fsp3) is 0.438. The molecule has 0 spiro atoms. The van der Waals surface area contributed by atoms with E-state index < -0.39 is 0 Å². The molecule has 3 rings (SSSR count). The van der Waals surface area contributed by atoms with Crippen molar-refractivity contribution in [1.82, 2.24) is 14.9 Å². The van der Waals surface area contributed by atoms with Gasteiger partial charge in [-0.1, -0.05) is 31.2 Å². The van der Waals surface area contributed by atoms with Crippen molar-refractivity contribution in [3.8, 4) is 0 Å². The molecule has 100 valence electrons. The van der Waals surface area contributed by atoms with E-state index in [4.69, 9.17) is 0 Å². The molecule has 0 radical (unpaired) electrons. The van der Waals surface area contributed by atoms with E-state index >= 15 is 0 Å². The second kappa shape index (κ2) is 5.57. The van der Waals surface area contributed by atoms with Crippen molar-refractivity contribution < 1.29 is 0 Å². The molecule has 1 atom stereocenters. The summed E-state index contributed by atoms with van der Waals surface area (Å²) in [5, 5.41) is 3.43. The molecular formula is C16H21N3. The quantitative estimate of drug-likeness (QED) is 0.910. The first-order chi connectivity index (χ1) is 9.38. The maximum absolute atomic E-state index is 4.35. The summed E-state index contributed by atoms with van der Waals surface area (Å²) in [6, 6.07) is 8.71. The van der Waals surface area contributed by atoms with E-state index in [1.807, 2.05) is 12.5 Å². The first-order valence-electron chi connectivity index (χ1n) is 7.16. The van der Waals surface area contributed by atoms with Crippen molar-refractivity contribution in [3.05, 3.63) is 53.6 Å². The molecular weight excluding hydrogens is 234 g/mol. The van der Waals surface area contributed by atoms with Crippen LogP contribution in [0.25, 0.3) is 0 Å². The van der Waals surface area contributed by atoms with Gasteiger partial charge in [-0.05, 0) is 30.5 Å². The summed E-state index contributed by atoms with van der Waals surface area (Å²) in [4.78, 5) is 4.35. The lowest BCUT2D eigenvalue weighted by Gasteiger charge is -2.14. The van der Waals surface area contributed by atoms with Crippen LogP contribution in [0.5, 0.6) is 0 Å². The molecule has 3 nitrogen and oxygen atoms in total. The highest BCUT2D eigenvalue weighted by Crippen LogP contribution is 2.23. The van der Waals surface area contributed by atoms with Gasteiger partial charge >= 0.3 is 0 Å². The Kier molecular flexibility index (Phi) is 3.65. The van der Waals surface area contributed by atoms with E-state index in [2.05, 4.69) is 46.1 Å². The Hall–Kier alpha value is -1.61. The van der Waals surface area contributed by atoms with Crippen LogP contribution in [-0.2, 0) is 13.0 Å². The molecule has 0 amide bonds. The third kappa shape index (κ3) is 2.56. The summed E-state index contributed by atoms with van der Waals surface area (Å²) in [7, 11) is 0. The Morgan fingerprint density at radius 2 is 2.16 bits per heavy atom. The SMILES string of the molecule is CCc1ccccc1Cn1cncc1C1CCNC1. The second-order valence-electron chi connectivity index (χ2n) is 5.26. The largest absolute Gasteiger partial charge is 0.330 e. The van der Waals surface area contributed by atoms with Gasteiger partial charge in [0.2, 0.25) is 0 Å². The predicted molar refractivity (Wildman–Crippen MR) is 77.4 cm³/mol. The number of aryl methyl sites for hydroxylation is 1. The topological polar surface area (TPSA) is 29.9 Å². The number of rotatable bonds is 4. The zero-order valence-electron chi connectivity index (χ0n) is 11.5. The van der Waals surface area contributed by atoms with E-state index in [1.54, 1.807) is 0 Å². The molecule has 1 aliphatic heterocycles. The maximum Gasteiger partial charge on any atom is 0.0951 e. The highest BCUT2D eigenvalue weighted by Gasteiger charge is 2.20. The molecule has 1 saturated heterocycles. The molecule has 1 fully saturated rings. The summed E-state index contributed by atoms with van der Waals surface area (Å²) < 4.78 is 2.31. The predicted octanol–water partition coefficient (Wildman–Crippen LogP) is 2.57. The van der Waals surface area contributed by atoms with Gasteiger partial charge in [0, 0.05) is 30.9 Å². The number of benzene rings is 1. The maximum atomic E-state index is 4.35. The molecule has 0 saturated carbocycles. The normalized spacial score (nSPS) is 18.9. The number of hydrogen-bond donors (Lipinski definition) is 1. The van der Waals surface area contributed by atoms with Crippen molar-refractivity contribution >= 4 is 0 Å². The van der Waals surface area contributed by atoms with Gasteiger partial charge < -0.3 is 9.88 Å². The van der Waals surface area contributed by atoms with Gasteiger partial charge in [0.05, 0.1) is 6.33 Å². The molecule has 2 aromatic rings. The van der Waals surface area contributed by atoms with Gasteiger partial charge in [-0.15, -0.1) is 0 Å². The average Bonchev–Trinajstić information content (AvgIpc) is 3.09. The zero-order valence-corrected chi connectivity index (χ0v) is 11.5. The van der Waals surface area contributed by atoms with Crippen LogP contribution in [0.3, 0.4) is 0 Å². The third-order valence-corrected chi connectivity index (χ3v) is 4.06. The standard InChI is InChI=1S/C16H21N3/c1-2-13-5-3-4-6-15(13)11-19-12-18-10-16(19)14-7-8-17-9-14/h3-6,10,12,14,17H,2,7-9,11H2,1H3. The van der Waals surface area contributed by atoms with Crippen LogP contribution < -0.4 is 5.32 Å².